The van der Waals surface area contributed by atoms with Crippen LogP contribution in [0.5, 0.6) is 0 Å². The first-order chi connectivity index (χ1) is 27.8. The Bertz CT molecular complexity index is 1050. The minimum absolute atomic E-state index is 0.0101. The van der Waals surface area contributed by atoms with Gasteiger partial charge in [0.1, 0.15) is 32.8 Å². The third-order valence-corrected chi connectivity index (χ3v) is 12.5. The Morgan fingerprint density at radius 2 is 1.04 bits per heavy atom. The first-order valence-electron chi connectivity index (χ1n) is 23.4. The third-order valence-electron chi connectivity index (χ3n) is 11.0. The second-order valence-corrected chi connectivity index (χ2v) is 18.2. The number of hydrogen-bond donors (Lipinski definition) is 0. The van der Waals surface area contributed by atoms with Crippen molar-refractivity contribution in [1.29, 1.82) is 5.26 Å². The predicted octanol–water partition coefficient (Wildman–Crippen LogP) is 12.0. The summed E-state index contributed by atoms with van der Waals surface area (Å²) in [7, 11) is -2.02. The summed E-state index contributed by atoms with van der Waals surface area (Å²) in [5, 5.41) is 9.03. The molecular weight excluding hydrogens is 743 g/mol. The molecule has 0 bridgehead atoms. The summed E-state index contributed by atoms with van der Waals surface area (Å²) in [5.74, 6) is -0.770. The van der Waals surface area contributed by atoms with Crippen LogP contribution in [0, 0.1) is 11.3 Å². The van der Waals surface area contributed by atoms with Gasteiger partial charge in [0.2, 0.25) is 0 Å². The molecule has 0 aromatic rings. The van der Waals surface area contributed by atoms with E-state index in [-0.39, 0.29) is 45.2 Å². The number of nitriles is 1. The fraction of sp³-hybridized carbons (Fsp3) is 0.933. The molecule has 2 atom stereocenters. The molecule has 0 aromatic carbocycles. The van der Waals surface area contributed by atoms with Crippen molar-refractivity contribution in [3.05, 3.63) is 0 Å². The van der Waals surface area contributed by atoms with Crippen LogP contribution in [-0.2, 0) is 41.9 Å². The topological polar surface area (TPSA) is 130 Å². The molecule has 57 heavy (non-hydrogen) atoms. The van der Waals surface area contributed by atoms with Gasteiger partial charge in [-0.2, -0.15) is 5.26 Å². The SMILES string of the molecule is CCCCCCCCCCCCCCCC(=O)OCC(COP(=O)(OCCC#N)OCC[N+]1(C)CCOCC1)OC(=O)CCCCCCCCCCCCCCC. The van der Waals surface area contributed by atoms with Crippen LogP contribution in [0.2, 0.25) is 0 Å². The maximum absolute atomic E-state index is 13.7. The predicted molar refractivity (Wildman–Crippen MR) is 229 cm³/mol. The molecule has 12 heteroatoms. The highest BCUT2D eigenvalue weighted by molar-refractivity contribution is 7.48. The Kier molecular flexibility index (Phi) is 35.1. The molecule has 1 aliphatic heterocycles. The number of carbonyl (C=O) groups is 2. The molecule has 0 saturated carbocycles. The Hall–Kier alpha value is -1.54. The molecule has 0 amide bonds. The molecular formula is C45H86N2O9P+. The number of esters is 2. The summed E-state index contributed by atoms with van der Waals surface area (Å²) >= 11 is 0. The lowest BCUT2D eigenvalue weighted by atomic mass is 10.0. The van der Waals surface area contributed by atoms with Crippen LogP contribution < -0.4 is 0 Å². The molecule has 1 saturated heterocycles. The van der Waals surface area contributed by atoms with Gasteiger partial charge in [0.25, 0.3) is 0 Å². The molecule has 0 N–H and O–H groups in total. The van der Waals surface area contributed by atoms with Gasteiger partial charge in [0.05, 0.1) is 46.0 Å². The van der Waals surface area contributed by atoms with E-state index in [0.717, 1.165) is 45.2 Å². The highest BCUT2D eigenvalue weighted by Crippen LogP contribution is 2.49. The van der Waals surface area contributed by atoms with Crippen LogP contribution in [0.4, 0.5) is 0 Å². The van der Waals surface area contributed by atoms with Crippen LogP contribution in [0.15, 0.2) is 0 Å². The molecule has 0 aromatic heterocycles. The van der Waals surface area contributed by atoms with Gasteiger partial charge in [-0.1, -0.05) is 168 Å². The summed E-state index contributed by atoms with van der Waals surface area (Å²) in [6, 6.07) is 1.97. The number of phosphoric ester groups is 1. The Morgan fingerprint density at radius 3 is 1.49 bits per heavy atom. The summed E-state index contributed by atoms with van der Waals surface area (Å²) in [4.78, 5) is 25.6. The molecule has 1 fully saturated rings. The number of phosphoric acid groups is 1. The Labute approximate surface area is 349 Å². The molecule has 0 radical (unpaired) electrons. The Morgan fingerprint density at radius 1 is 0.614 bits per heavy atom. The number of carbonyl (C=O) groups excluding carboxylic acids is 2. The van der Waals surface area contributed by atoms with Crippen molar-refractivity contribution >= 4 is 19.8 Å². The molecule has 0 aliphatic carbocycles. The minimum atomic E-state index is -4.11. The van der Waals surface area contributed by atoms with Gasteiger partial charge in [0, 0.05) is 12.8 Å². The average Bonchev–Trinajstić information content (AvgIpc) is 3.19. The van der Waals surface area contributed by atoms with Crippen molar-refractivity contribution in [2.24, 2.45) is 0 Å². The summed E-state index contributed by atoms with van der Waals surface area (Å²) < 4.78 is 48.0. The van der Waals surface area contributed by atoms with Crippen LogP contribution in [0.3, 0.4) is 0 Å². The fourth-order valence-electron chi connectivity index (χ4n) is 7.06. The van der Waals surface area contributed by atoms with Crippen molar-refractivity contribution < 1.29 is 46.4 Å². The van der Waals surface area contributed by atoms with E-state index in [4.69, 9.17) is 33.0 Å². The van der Waals surface area contributed by atoms with Crippen LogP contribution in [0.25, 0.3) is 0 Å². The summed E-state index contributed by atoms with van der Waals surface area (Å²) in [6.07, 6.45) is 31.2. The maximum Gasteiger partial charge on any atom is 0.475 e. The average molecular weight is 830 g/mol. The molecule has 1 aliphatic rings. The number of morpholine rings is 1. The zero-order valence-electron chi connectivity index (χ0n) is 37.0. The third kappa shape index (κ3) is 32.9. The van der Waals surface area contributed by atoms with Gasteiger partial charge in [0.15, 0.2) is 6.10 Å². The number of rotatable bonds is 41. The molecule has 1 rings (SSSR count). The molecule has 0 spiro atoms. The number of nitrogens with zero attached hydrogens (tertiary/aromatic N) is 2. The van der Waals surface area contributed by atoms with E-state index in [2.05, 4.69) is 20.9 Å². The van der Waals surface area contributed by atoms with Gasteiger partial charge in [-0.05, 0) is 12.8 Å². The number of hydrogen-bond acceptors (Lipinski definition) is 10. The van der Waals surface area contributed by atoms with Gasteiger partial charge in [-0.15, -0.1) is 0 Å². The number of quaternary nitrogens is 1. The van der Waals surface area contributed by atoms with E-state index in [1.54, 1.807) is 0 Å². The molecule has 2 unspecified atom stereocenters. The van der Waals surface area contributed by atoms with E-state index in [0.29, 0.717) is 37.1 Å². The highest BCUT2D eigenvalue weighted by Gasteiger charge is 2.32. The lowest BCUT2D eigenvalue weighted by Gasteiger charge is -2.37. The number of unbranched alkanes of at least 4 members (excludes halogenated alkanes) is 24. The van der Waals surface area contributed by atoms with Crippen molar-refractivity contribution in [3.8, 4) is 6.07 Å². The van der Waals surface area contributed by atoms with E-state index < -0.39 is 19.9 Å². The normalized spacial score (nSPS) is 15.5. The smallest absolute Gasteiger partial charge is 0.462 e. The van der Waals surface area contributed by atoms with Crippen molar-refractivity contribution in [2.45, 2.75) is 206 Å². The van der Waals surface area contributed by atoms with Crippen LogP contribution in [-0.4, -0.2) is 88.8 Å². The molecule has 1 heterocycles. The molecule has 11 nitrogen and oxygen atoms in total. The largest absolute Gasteiger partial charge is 0.475 e. The van der Waals surface area contributed by atoms with Crippen LogP contribution in [0.1, 0.15) is 200 Å². The van der Waals surface area contributed by atoms with E-state index in [1.165, 1.54) is 128 Å². The van der Waals surface area contributed by atoms with E-state index in [1.807, 2.05) is 6.07 Å². The Balaban J connectivity index is 2.53. The second-order valence-electron chi connectivity index (χ2n) is 16.5. The number of ether oxygens (including phenoxy) is 3. The zero-order valence-corrected chi connectivity index (χ0v) is 37.9. The monoisotopic (exact) mass is 830 g/mol. The van der Waals surface area contributed by atoms with Gasteiger partial charge in [-0.3, -0.25) is 23.2 Å². The summed E-state index contributed by atoms with van der Waals surface area (Å²) in [6.45, 7) is 7.42. The standard InChI is InChI=1S/C45H86N2O9P/c1-4-6-8-10-12-14-16-18-20-22-24-26-28-31-44(48)52-41-43(56-45(49)32-29-27-25-23-21-19-17-15-13-11-9-7-5-2)42-55-57(50,53-37-30-33-46)54-40-36-47(3)34-38-51-39-35-47/h43H,4-32,34-42H2,1-3H3/q+1. The minimum Gasteiger partial charge on any atom is -0.462 e. The lowest BCUT2D eigenvalue weighted by molar-refractivity contribution is -0.916. The van der Waals surface area contributed by atoms with Gasteiger partial charge >= 0.3 is 19.8 Å². The van der Waals surface area contributed by atoms with E-state index in [9.17, 15) is 14.2 Å². The quantitative estimate of drug-likeness (QED) is 0.0254. The van der Waals surface area contributed by atoms with Gasteiger partial charge in [-0.25, -0.2) is 4.57 Å². The lowest BCUT2D eigenvalue weighted by Crippen LogP contribution is -2.53. The van der Waals surface area contributed by atoms with Crippen molar-refractivity contribution in [3.63, 3.8) is 0 Å². The summed E-state index contributed by atoms with van der Waals surface area (Å²) in [5.41, 5.74) is 0. The highest BCUT2D eigenvalue weighted by atomic mass is 31.2. The van der Waals surface area contributed by atoms with Crippen molar-refractivity contribution in [1.82, 2.24) is 0 Å². The van der Waals surface area contributed by atoms with Crippen molar-refractivity contribution in [2.75, 3.05) is 66.3 Å². The van der Waals surface area contributed by atoms with E-state index >= 15 is 0 Å². The maximum atomic E-state index is 13.7. The molecule has 334 valence electrons. The van der Waals surface area contributed by atoms with Crippen LogP contribution >= 0.6 is 7.82 Å². The second kappa shape index (κ2) is 37.5. The first kappa shape index (κ1) is 53.5. The fourth-order valence-corrected chi connectivity index (χ4v) is 8.26. The first-order valence-corrected chi connectivity index (χ1v) is 24.9. The van der Waals surface area contributed by atoms with Gasteiger partial charge < -0.3 is 18.7 Å². The number of likely N-dealkylation sites (N-methyl/N-ethyl adjacent to an activating group) is 1. The zero-order chi connectivity index (χ0) is 41.6.